The molecule has 0 saturated heterocycles. The number of aromatic amines is 2. The van der Waals surface area contributed by atoms with Crippen molar-refractivity contribution in [2.75, 3.05) is 6.54 Å². The Morgan fingerprint density at radius 1 is 1.38 bits per heavy atom. The maximum absolute atomic E-state index is 11.6. The SMILES string of the molecule is O=S(=O)(NCCc1ncc[nH]1)c1ccn[nH]1. The minimum Gasteiger partial charge on any atom is -0.349 e. The van der Waals surface area contributed by atoms with E-state index >= 15 is 0 Å². The zero-order chi connectivity index (χ0) is 11.4. The quantitative estimate of drug-likeness (QED) is 0.665. The summed E-state index contributed by atoms with van der Waals surface area (Å²) < 4.78 is 25.7. The van der Waals surface area contributed by atoms with E-state index in [0.29, 0.717) is 6.42 Å². The number of rotatable bonds is 5. The van der Waals surface area contributed by atoms with Gasteiger partial charge in [-0.15, -0.1) is 0 Å². The van der Waals surface area contributed by atoms with Gasteiger partial charge < -0.3 is 4.98 Å². The molecule has 0 saturated carbocycles. The molecule has 0 radical (unpaired) electrons. The fourth-order valence-electron chi connectivity index (χ4n) is 1.21. The maximum Gasteiger partial charge on any atom is 0.257 e. The first-order valence-corrected chi connectivity index (χ1v) is 6.14. The van der Waals surface area contributed by atoms with Crippen LogP contribution < -0.4 is 4.72 Å². The molecule has 7 nitrogen and oxygen atoms in total. The first-order valence-electron chi connectivity index (χ1n) is 4.66. The number of nitrogens with one attached hydrogen (secondary N) is 3. The Labute approximate surface area is 92.4 Å². The Hall–Kier alpha value is -1.67. The van der Waals surface area contributed by atoms with Crippen LogP contribution in [0.3, 0.4) is 0 Å². The molecule has 0 unspecified atom stereocenters. The molecule has 0 bridgehead atoms. The van der Waals surface area contributed by atoms with Crippen molar-refractivity contribution in [3.8, 4) is 0 Å². The molecule has 0 aliphatic carbocycles. The molecule has 2 aromatic heterocycles. The second-order valence-electron chi connectivity index (χ2n) is 3.10. The van der Waals surface area contributed by atoms with Gasteiger partial charge in [-0.05, 0) is 6.07 Å². The fourth-order valence-corrected chi connectivity index (χ4v) is 2.15. The topological polar surface area (TPSA) is 104 Å². The van der Waals surface area contributed by atoms with Crippen LogP contribution in [-0.4, -0.2) is 35.1 Å². The zero-order valence-electron chi connectivity index (χ0n) is 8.34. The van der Waals surface area contributed by atoms with E-state index in [4.69, 9.17) is 0 Å². The van der Waals surface area contributed by atoms with Crippen molar-refractivity contribution in [2.24, 2.45) is 0 Å². The minimum absolute atomic E-state index is 0.0620. The molecular formula is C8H11N5O2S. The standard InChI is InChI=1S/C8H11N5O2S/c14-16(15,8-2-3-11-13-8)12-4-1-7-9-5-6-10-7/h2-3,5-6,12H,1,4H2,(H,9,10)(H,11,13). The van der Waals surface area contributed by atoms with Gasteiger partial charge in [0.15, 0.2) is 5.03 Å². The van der Waals surface area contributed by atoms with E-state index in [1.54, 1.807) is 12.4 Å². The highest BCUT2D eigenvalue weighted by atomic mass is 32.2. The van der Waals surface area contributed by atoms with Crippen LogP contribution in [0.5, 0.6) is 0 Å². The lowest BCUT2D eigenvalue weighted by Crippen LogP contribution is -2.26. The Kier molecular flexibility index (Phi) is 3.02. The van der Waals surface area contributed by atoms with Crippen LogP contribution in [0.2, 0.25) is 0 Å². The second kappa shape index (κ2) is 4.45. The average molecular weight is 241 g/mol. The van der Waals surface area contributed by atoms with E-state index in [1.807, 2.05) is 0 Å². The summed E-state index contributed by atoms with van der Waals surface area (Å²) in [5, 5.41) is 6.04. The van der Waals surface area contributed by atoms with Gasteiger partial charge in [0.2, 0.25) is 0 Å². The van der Waals surface area contributed by atoms with Crippen LogP contribution in [0, 0.1) is 0 Å². The van der Waals surface area contributed by atoms with Gasteiger partial charge in [-0.25, -0.2) is 18.1 Å². The van der Waals surface area contributed by atoms with E-state index in [-0.39, 0.29) is 11.6 Å². The lowest BCUT2D eigenvalue weighted by molar-refractivity contribution is 0.576. The van der Waals surface area contributed by atoms with E-state index < -0.39 is 10.0 Å². The summed E-state index contributed by atoms with van der Waals surface area (Å²) in [5.41, 5.74) is 0. The first kappa shape index (κ1) is 10.8. The number of H-pyrrole nitrogens is 2. The van der Waals surface area contributed by atoms with Gasteiger partial charge in [0.1, 0.15) is 5.82 Å². The highest BCUT2D eigenvalue weighted by molar-refractivity contribution is 7.89. The predicted octanol–water partition coefficient (Wildman–Crippen LogP) is -0.346. The maximum atomic E-state index is 11.6. The largest absolute Gasteiger partial charge is 0.349 e. The zero-order valence-corrected chi connectivity index (χ0v) is 9.16. The highest BCUT2D eigenvalue weighted by Crippen LogP contribution is 2.01. The molecule has 0 amide bonds. The molecule has 16 heavy (non-hydrogen) atoms. The molecule has 2 heterocycles. The summed E-state index contributed by atoms with van der Waals surface area (Å²) in [6.45, 7) is 0.287. The van der Waals surface area contributed by atoms with Gasteiger partial charge in [0.25, 0.3) is 10.0 Å². The summed E-state index contributed by atoms with van der Waals surface area (Å²) in [7, 11) is -3.48. The number of aromatic nitrogens is 4. The molecule has 2 aromatic rings. The molecule has 3 N–H and O–H groups in total. The average Bonchev–Trinajstić information content (AvgIpc) is 2.90. The minimum atomic E-state index is -3.48. The molecule has 0 aliphatic heterocycles. The van der Waals surface area contributed by atoms with E-state index in [9.17, 15) is 8.42 Å². The number of imidazole rings is 1. The van der Waals surface area contributed by atoms with Crippen molar-refractivity contribution in [3.63, 3.8) is 0 Å². The van der Waals surface area contributed by atoms with Crippen molar-refractivity contribution >= 4 is 10.0 Å². The first-order chi connectivity index (χ1) is 7.68. The van der Waals surface area contributed by atoms with Crippen LogP contribution in [-0.2, 0) is 16.4 Å². The highest BCUT2D eigenvalue weighted by Gasteiger charge is 2.14. The molecule has 0 spiro atoms. The third-order valence-corrected chi connectivity index (χ3v) is 3.36. The Morgan fingerprint density at radius 3 is 2.88 bits per heavy atom. The fraction of sp³-hybridized carbons (Fsp3) is 0.250. The van der Waals surface area contributed by atoms with Gasteiger partial charge in [-0.3, -0.25) is 5.10 Å². The summed E-state index contributed by atoms with van der Waals surface area (Å²) in [6, 6.07) is 1.40. The van der Waals surface area contributed by atoms with E-state index in [0.717, 1.165) is 5.82 Å². The number of sulfonamides is 1. The molecule has 2 rings (SSSR count). The van der Waals surface area contributed by atoms with Gasteiger partial charge in [0.05, 0.1) is 6.20 Å². The van der Waals surface area contributed by atoms with Crippen LogP contribution in [0.25, 0.3) is 0 Å². The van der Waals surface area contributed by atoms with E-state index in [2.05, 4.69) is 24.9 Å². The Bertz CT molecular complexity index is 517. The van der Waals surface area contributed by atoms with Crippen molar-refractivity contribution in [1.82, 2.24) is 24.9 Å². The van der Waals surface area contributed by atoms with Crippen LogP contribution in [0.1, 0.15) is 5.82 Å². The number of hydrogen-bond donors (Lipinski definition) is 3. The predicted molar refractivity (Wildman–Crippen MR) is 56.1 cm³/mol. The van der Waals surface area contributed by atoms with E-state index in [1.165, 1.54) is 12.3 Å². The monoisotopic (exact) mass is 241 g/mol. The molecular weight excluding hydrogens is 230 g/mol. The van der Waals surface area contributed by atoms with Crippen molar-refractivity contribution in [2.45, 2.75) is 11.4 Å². The third kappa shape index (κ3) is 2.47. The number of nitrogens with zero attached hydrogens (tertiary/aromatic N) is 2. The molecule has 0 atom stereocenters. The van der Waals surface area contributed by atoms with Crippen molar-refractivity contribution < 1.29 is 8.42 Å². The molecule has 8 heteroatoms. The lowest BCUT2D eigenvalue weighted by atomic mass is 10.4. The van der Waals surface area contributed by atoms with Crippen LogP contribution in [0.15, 0.2) is 29.7 Å². The van der Waals surface area contributed by atoms with Gasteiger partial charge in [-0.1, -0.05) is 0 Å². The molecule has 0 aliphatic rings. The second-order valence-corrected chi connectivity index (χ2v) is 4.84. The Morgan fingerprint density at radius 2 is 2.25 bits per heavy atom. The third-order valence-electron chi connectivity index (χ3n) is 1.97. The number of hydrogen-bond acceptors (Lipinski definition) is 4. The molecule has 86 valence electrons. The molecule has 0 fully saturated rings. The summed E-state index contributed by atoms with van der Waals surface area (Å²) >= 11 is 0. The molecule has 0 aromatic carbocycles. The normalized spacial score (nSPS) is 11.8. The van der Waals surface area contributed by atoms with Crippen molar-refractivity contribution in [1.29, 1.82) is 0 Å². The lowest BCUT2D eigenvalue weighted by Gasteiger charge is -2.02. The van der Waals surface area contributed by atoms with Gasteiger partial charge >= 0.3 is 0 Å². The van der Waals surface area contributed by atoms with Crippen LogP contribution >= 0.6 is 0 Å². The summed E-state index contributed by atoms with van der Waals surface area (Å²) in [4.78, 5) is 6.88. The van der Waals surface area contributed by atoms with Crippen LogP contribution in [0.4, 0.5) is 0 Å². The summed E-state index contributed by atoms with van der Waals surface area (Å²) in [6.07, 6.45) is 5.22. The Balaban J connectivity index is 1.91. The van der Waals surface area contributed by atoms with Gasteiger partial charge in [-0.2, -0.15) is 5.10 Å². The van der Waals surface area contributed by atoms with Crippen molar-refractivity contribution in [3.05, 3.63) is 30.5 Å². The van der Waals surface area contributed by atoms with Gasteiger partial charge in [0, 0.05) is 25.4 Å². The summed E-state index contributed by atoms with van der Waals surface area (Å²) in [5.74, 6) is 0.743. The smallest absolute Gasteiger partial charge is 0.257 e.